The zero-order chi connectivity index (χ0) is 16.2. The van der Waals surface area contributed by atoms with Gasteiger partial charge in [0.15, 0.2) is 0 Å². The highest BCUT2D eigenvalue weighted by Gasteiger charge is 2.23. The highest BCUT2D eigenvalue weighted by Crippen LogP contribution is 2.26. The molecule has 0 aliphatic carbocycles. The summed E-state index contributed by atoms with van der Waals surface area (Å²) in [5.41, 5.74) is 0.959. The average Bonchev–Trinajstić information content (AvgIpc) is 2.59. The van der Waals surface area contributed by atoms with Crippen LogP contribution >= 0.6 is 11.8 Å². The second-order valence-electron chi connectivity index (χ2n) is 6.04. The average molecular weight is 329 g/mol. The van der Waals surface area contributed by atoms with Crippen LogP contribution in [0.5, 0.6) is 0 Å². The molecular formula is C18H23N3OS. The molecule has 0 radical (unpaired) electrons. The fourth-order valence-electron chi connectivity index (χ4n) is 3.04. The predicted molar refractivity (Wildman–Crippen MR) is 94.7 cm³/mol. The Kier molecular flexibility index (Phi) is 5.16. The summed E-state index contributed by atoms with van der Waals surface area (Å²) < 4.78 is 0. The van der Waals surface area contributed by atoms with Crippen LogP contribution in [-0.4, -0.2) is 39.1 Å². The van der Waals surface area contributed by atoms with E-state index in [2.05, 4.69) is 23.8 Å². The number of fused-ring (bicyclic) bond motifs is 1. The van der Waals surface area contributed by atoms with Gasteiger partial charge in [-0.15, -0.1) is 0 Å². The number of amides is 1. The van der Waals surface area contributed by atoms with E-state index in [1.165, 1.54) is 6.42 Å². The Morgan fingerprint density at radius 1 is 1.30 bits per heavy atom. The van der Waals surface area contributed by atoms with Gasteiger partial charge in [-0.1, -0.05) is 36.9 Å². The monoisotopic (exact) mass is 329 g/mol. The van der Waals surface area contributed by atoms with E-state index in [9.17, 15) is 4.79 Å². The van der Waals surface area contributed by atoms with E-state index in [1.54, 1.807) is 11.8 Å². The fourth-order valence-corrected chi connectivity index (χ4v) is 3.97. The van der Waals surface area contributed by atoms with Crippen molar-refractivity contribution in [3.63, 3.8) is 0 Å². The molecule has 0 N–H and O–H groups in total. The topological polar surface area (TPSA) is 46.1 Å². The van der Waals surface area contributed by atoms with Gasteiger partial charge in [0.05, 0.1) is 11.3 Å². The van der Waals surface area contributed by atoms with Gasteiger partial charge in [0.25, 0.3) is 0 Å². The Morgan fingerprint density at radius 2 is 2.13 bits per heavy atom. The third-order valence-corrected chi connectivity index (χ3v) is 5.36. The number of aryl methyl sites for hydroxylation is 1. The maximum absolute atomic E-state index is 12.5. The Hall–Kier alpha value is -1.62. The molecule has 1 fully saturated rings. The van der Waals surface area contributed by atoms with Crippen molar-refractivity contribution in [1.82, 2.24) is 14.9 Å². The summed E-state index contributed by atoms with van der Waals surface area (Å²) in [6.45, 7) is 5.10. The maximum Gasteiger partial charge on any atom is 0.233 e. The molecule has 1 aromatic carbocycles. The number of likely N-dealkylation sites (tertiary alicyclic amines) is 1. The zero-order valence-corrected chi connectivity index (χ0v) is 14.6. The quantitative estimate of drug-likeness (QED) is 0.634. The molecular weight excluding hydrogens is 306 g/mol. The molecule has 1 aromatic heterocycles. The van der Waals surface area contributed by atoms with Gasteiger partial charge in [0.1, 0.15) is 10.9 Å². The predicted octanol–water partition coefficient (Wildman–Crippen LogP) is 3.69. The van der Waals surface area contributed by atoms with E-state index in [4.69, 9.17) is 0 Å². The molecule has 2 aromatic rings. The van der Waals surface area contributed by atoms with Gasteiger partial charge < -0.3 is 4.90 Å². The summed E-state index contributed by atoms with van der Waals surface area (Å²) in [4.78, 5) is 23.8. The molecule has 4 nitrogen and oxygen atoms in total. The molecule has 0 spiro atoms. The van der Waals surface area contributed by atoms with Crippen LogP contribution in [0.2, 0.25) is 0 Å². The number of piperidine rings is 1. The Morgan fingerprint density at radius 3 is 2.91 bits per heavy atom. The van der Waals surface area contributed by atoms with E-state index >= 15 is 0 Å². The van der Waals surface area contributed by atoms with Crippen molar-refractivity contribution in [3.8, 4) is 0 Å². The van der Waals surface area contributed by atoms with Crippen molar-refractivity contribution in [1.29, 1.82) is 0 Å². The van der Waals surface area contributed by atoms with Crippen LogP contribution in [0.3, 0.4) is 0 Å². The smallest absolute Gasteiger partial charge is 0.233 e. The van der Waals surface area contributed by atoms with E-state index in [0.29, 0.717) is 11.8 Å². The number of nitrogens with zero attached hydrogens (tertiary/aromatic N) is 3. The van der Waals surface area contributed by atoms with Crippen molar-refractivity contribution in [2.24, 2.45) is 0 Å². The second-order valence-corrected chi connectivity index (χ2v) is 7.00. The highest BCUT2D eigenvalue weighted by molar-refractivity contribution is 8.00. The minimum atomic E-state index is 0.225. The molecule has 2 heterocycles. The van der Waals surface area contributed by atoms with Gasteiger partial charge in [-0.25, -0.2) is 9.97 Å². The van der Waals surface area contributed by atoms with Gasteiger partial charge in [0.2, 0.25) is 5.91 Å². The highest BCUT2D eigenvalue weighted by atomic mass is 32.2. The van der Waals surface area contributed by atoms with Crippen molar-refractivity contribution in [3.05, 3.63) is 30.1 Å². The van der Waals surface area contributed by atoms with E-state index in [0.717, 1.165) is 47.6 Å². The molecule has 5 heteroatoms. The van der Waals surface area contributed by atoms with Crippen molar-refractivity contribution >= 4 is 28.6 Å². The summed E-state index contributed by atoms with van der Waals surface area (Å²) in [7, 11) is 0. The molecule has 0 saturated carbocycles. The van der Waals surface area contributed by atoms with Gasteiger partial charge in [0, 0.05) is 24.4 Å². The Labute approximate surface area is 141 Å². The van der Waals surface area contributed by atoms with Crippen LogP contribution in [0.25, 0.3) is 10.9 Å². The van der Waals surface area contributed by atoms with Crippen LogP contribution in [0.15, 0.2) is 29.3 Å². The molecule has 23 heavy (non-hydrogen) atoms. The summed E-state index contributed by atoms with van der Waals surface area (Å²) in [5, 5.41) is 1.96. The van der Waals surface area contributed by atoms with Crippen LogP contribution in [0.1, 0.15) is 38.9 Å². The van der Waals surface area contributed by atoms with Crippen LogP contribution in [-0.2, 0) is 11.2 Å². The van der Waals surface area contributed by atoms with Gasteiger partial charge >= 0.3 is 0 Å². The van der Waals surface area contributed by atoms with E-state index in [-0.39, 0.29) is 5.91 Å². The number of hydrogen-bond donors (Lipinski definition) is 0. The van der Waals surface area contributed by atoms with Crippen molar-refractivity contribution < 1.29 is 4.79 Å². The minimum absolute atomic E-state index is 0.225. The number of thioether (sulfide) groups is 1. The number of rotatable bonds is 4. The maximum atomic E-state index is 12.5. The summed E-state index contributed by atoms with van der Waals surface area (Å²) in [5.74, 6) is 1.52. The summed E-state index contributed by atoms with van der Waals surface area (Å²) >= 11 is 1.54. The van der Waals surface area contributed by atoms with Gasteiger partial charge in [-0.2, -0.15) is 0 Å². The lowest BCUT2D eigenvalue weighted by Gasteiger charge is -2.33. The van der Waals surface area contributed by atoms with Gasteiger partial charge in [-0.3, -0.25) is 4.79 Å². The number of aromatic nitrogens is 2. The van der Waals surface area contributed by atoms with Gasteiger partial charge in [-0.05, 0) is 32.3 Å². The van der Waals surface area contributed by atoms with Crippen LogP contribution in [0, 0.1) is 0 Å². The third kappa shape index (κ3) is 3.66. The molecule has 1 saturated heterocycles. The minimum Gasteiger partial charge on any atom is -0.339 e. The first-order valence-corrected chi connectivity index (χ1v) is 9.35. The third-order valence-electron chi connectivity index (χ3n) is 4.39. The van der Waals surface area contributed by atoms with Crippen molar-refractivity contribution in [2.45, 2.75) is 50.6 Å². The number of carbonyl (C=O) groups excluding carboxylic acids is 1. The molecule has 3 rings (SSSR count). The summed E-state index contributed by atoms with van der Waals surface area (Å²) in [6.07, 6.45) is 4.27. The SMILES string of the molecule is CCc1nc(SCC(=O)N2CCCCC2C)c2ccccc2n1. The molecule has 1 unspecified atom stereocenters. The lowest BCUT2D eigenvalue weighted by Crippen LogP contribution is -2.42. The second kappa shape index (κ2) is 7.30. The molecule has 1 atom stereocenters. The van der Waals surface area contributed by atoms with E-state index < -0.39 is 0 Å². The molecule has 0 bridgehead atoms. The number of benzene rings is 1. The number of hydrogen-bond acceptors (Lipinski definition) is 4. The number of para-hydroxylation sites is 1. The van der Waals surface area contributed by atoms with E-state index in [1.807, 2.05) is 29.2 Å². The summed E-state index contributed by atoms with van der Waals surface area (Å²) in [6, 6.07) is 8.39. The largest absolute Gasteiger partial charge is 0.339 e. The Bertz CT molecular complexity index is 704. The normalized spacial score (nSPS) is 18.3. The first-order valence-electron chi connectivity index (χ1n) is 8.37. The first-order chi connectivity index (χ1) is 11.2. The standard InChI is InChI=1S/C18H23N3OS/c1-3-16-19-15-10-5-4-9-14(15)18(20-16)23-12-17(22)21-11-7-6-8-13(21)2/h4-5,9-10,13H,3,6-8,11-12H2,1-2H3. The molecule has 1 aliphatic rings. The number of carbonyl (C=O) groups is 1. The van der Waals surface area contributed by atoms with Crippen LogP contribution in [0.4, 0.5) is 0 Å². The van der Waals surface area contributed by atoms with Crippen LogP contribution < -0.4 is 0 Å². The fraction of sp³-hybridized carbons (Fsp3) is 0.500. The molecule has 1 aliphatic heterocycles. The lowest BCUT2D eigenvalue weighted by molar-refractivity contribution is -0.131. The van der Waals surface area contributed by atoms with Crippen molar-refractivity contribution in [2.75, 3.05) is 12.3 Å². The lowest BCUT2D eigenvalue weighted by atomic mass is 10.0. The molecule has 1 amide bonds. The zero-order valence-electron chi connectivity index (χ0n) is 13.8. The Balaban J connectivity index is 1.77. The molecule has 122 valence electrons. The first kappa shape index (κ1) is 16.2.